The maximum atomic E-state index is 13.4. The van der Waals surface area contributed by atoms with Crippen LogP contribution < -0.4 is 5.32 Å². The molecule has 1 aromatic heterocycles. The molecule has 0 spiro atoms. The monoisotopic (exact) mass is 529 g/mol. The van der Waals surface area contributed by atoms with Crippen LogP contribution in [0, 0.1) is 12.7 Å². The third kappa shape index (κ3) is 6.42. The summed E-state index contributed by atoms with van der Waals surface area (Å²) in [7, 11) is 0. The van der Waals surface area contributed by atoms with Gasteiger partial charge in [0.25, 0.3) is 0 Å². The van der Waals surface area contributed by atoms with Gasteiger partial charge >= 0.3 is 6.03 Å². The van der Waals surface area contributed by atoms with Gasteiger partial charge in [-0.05, 0) is 72.7 Å². The minimum Gasteiger partial charge on any atom is -0.332 e. The molecule has 0 unspecified atom stereocenters. The highest BCUT2D eigenvalue weighted by molar-refractivity contribution is 9.10. The smallest absolute Gasteiger partial charge is 0.322 e. The Labute approximate surface area is 205 Å². The number of anilines is 1. The number of nitrogens with one attached hydrogen (secondary N) is 1. The van der Waals surface area contributed by atoms with Crippen molar-refractivity contribution in [3.63, 3.8) is 0 Å². The second-order valence-corrected chi connectivity index (χ2v) is 10.1. The number of aryl methyl sites for hydroxylation is 1. The van der Waals surface area contributed by atoms with Gasteiger partial charge in [-0.3, -0.25) is 4.79 Å². The van der Waals surface area contributed by atoms with Crippen molar-refractivity contribution in [1.29, 1.82) is 0 Å². The van der Waals surface area contributed by atoms with Gasteiger partial charge in [0.15, 0.2) is 0 Å². The van der Waals surface area contributed by atoms with E-state index in [9.17, 15) is 14.0 Å². The van der Waals surface area contributed by atoms with E-state index in [-0.39, 0.29) is 30.3 Å². The lowest BCUT2D eigenvalue weighted by Gasteiger charge is -2.28. The predicted molar refractivity (Wildman–Crippen MR) is 133 cm³/mol. The number of hydrogen-bond donors (Lipinski definition) is 1. The molecule has 8 heteroatoms. The molecule has 3 aromatic rings. The average molecular weight is 530 g/mol. The summed E-state index contributed by atoms with van der Waals surface area (Å²) < 4.78 is 14.2. The highest BCUT2D eigenvalue weighted by Gasteiger charge is 2.35. The zero-order valence-corrected chi connectivity index (χ0v) is 20.7. The molecule has 4 rings (SSSR count). The van der Waals surface area contributed by atoms with Gasteiger partial charge in [0, 0.05) is 27.6 Å². The summed E-state index contributed by atoms with van der Waals surface area (Å²) in [6.45, 7) is 2.82. The van der Waals surface area contributed by atoms with E-state index < -0.39 is 0 Å². The van der Waals surface area contributed by atoms with Crippen LogP contribution in [0.3, 0.4) is 0 Å². The van der Waals surface area contributed by atoms with Crippen LogP contribution in [0.4, 0.5) is 14.9 Å². The van der Waals surface area contributed by atoms with Crippen molar-refractivity contribution in [1.82, 2.24) is 9.80 Å². The molecule has 1 fully saturated rings. The van der Waals surface area contributed by atoms with Crippen molar-refractivity contribution in [3.05, 3.63) is 86.3 Å². The van der Waals surface area contributed by atoms with E-state index in [1.807, 2.05) is 42.6 Å². The molecule has 0 radical (unpaired) electrons. The summed E-state index contributed by atoms with van der Waals surface area (Å²) in [6.07, 6.45) is 1.78. The summed E-state index contributed by atoms with van der Waals surface area (Å²) in [5, 5.41) is 4.91. The Morgan fingerprint density at radius 3 is 2.52 bits per heavy atom. The molecule has 33 heavy (non-hydrogen) atoms. The summed E-state index contributed by atoms with van der Waals surface area (Å²) in [4.78, 5) is 30.9. The number of carbonyl (C=O) groups is 2. The van der Waals surface area contributed by atoms with Gasteiger partial charge < -0.3 is 15.1 Å². The lowest BCUT2D eigenvalue weighted by Crippen LogP contribution is -2.45. The fourth-order valence-electron chi connectivity index (χ4n) is 3.54. The van der Waals surface area contributed by atoms with E-state index in [0.717, 1.165) is 33.3 Å². The van der Waals surface area contributed by atoms with Crippen LogP contribution in [-0.4, -0.2) is 34.3 Å². The lowest BCUT2D eigenvalue weighted by molar-refractivity contribution is -0.133. The molecule has 0 atom stereocenters. The Hall–Kier alpha value is -2.71. The number of halogens is 2. The van der Waals surface area contributed by atoms with E-state index in [0.29, 0.717) is 18.8 Å². The first kappa shape index (κ1) is 23.4. The first-order chi connectivity index (χ1) is 15.9. The topological polar surface area (TPSA) is 52.7 Å². The molecule has 1 saturated carbocycles. The Balaban J connectivity index is 1.50. The highest BCUT2D eigenvalue weighted by Crippen LogP contribution is 2.28. The molecule has 0 aliphatic heterocycles. The van der Waals surface area contributed by atoms with Crippen LogP contribution in [0.2, 0.25) is 0 Å². The fourth-order valence-corrected chi connectivity index (χ4v) is 4.86. The average Bonchev–Trinajstić information content (AvgIpc) is 3.55. The van der Waals surface area contributed by atoms with Gasteiger partial charge in [0.2, 0.25) is 5.91 Å². The minimum atomic E-state index is -0.310. The molecular formula is C25H25BrFN3O2S. The summed E-state index contributed by atoms with van der Waals surface area (Å²) >= 11 is 5.02. The molecule has 1 N–H and O–H groups in total. The fraction of sp³-hybridized carbons (Fsp3) is 0.280. The normalized spacial score (nSPS) is 12.9. The van der Waals surface area contributed by atoms with E-state index >= 15 is 0 Å². The number of amides is 3. The molecule has 2 aromatic carbocycles. The largest absolute Gasteiger partial charge is 0.332 e. The van der Waals surface area contributed by atoms with Crippen molar-refractivity contribution in [3.8, 4) is 0 Å². The molecule has 172 valence electrons. The van der Waals surface area contributed by atoms with Crippen LogP contribution in [0.1, 0.15) is 28.8 Å². The van der Waals surface area contributed by atoms with Crippen LogP contribution in [0.25, 0.3) is 0 Å². The van der Waals surface area contributed by atoms with Crippen molar-refractivity contribution in [2.45, 2.75) is 38.9 Å². The molecular weight excluding hydrogens is 505 g/mol. The van der Waals surface area contributed by atoms with E-state index in [2.05, 4.69) is 21.2 Å². The van der Waals surface area contributed by atoms with Crippen LogP contribution >= 0.6 is 27.3 Å². The van der Waals surface area contributed by atoms with E-state index in [1.165, 1.54) is 12.1 Å². The summed E-state index contributed by atoms with van der Waals surface area (Å²) in [5.74, 6) is -0.446. The van der Waals surface area contributed by atoms with Gasteiger partial charge in [-0.25, -0.2) is 9.18 Å². The standard InChI is InChI=1S/C25H25BrFN3O2S/c1-17-11-12-33-23(17)15-29(14-18-5-7-20(27)8-6-18)24(31)16-30(22-9-10-22)25(32)28-21-4-2-3-19(26)13-21/h2-8,11-13,22H,9-10,14-16H2,1H3,(H,28,32). The van der Waals surface area contributed by atoms with Gasteiger partial charge in [-0.15, -0.1) is 11.3 Å². The molecule has 1 aliphatic rings. The van der Waals surface area contributed by atoms with Gasteiger partial charge in [0.05, 0.1) is 6.54 Å². The first-order valence-corrected chi connectivity index (χ1v) is 12.4. The maximum Gasteiger partial charge on any atom is 0.322 e. The number of carbonyl (C=O) groups excluding carboxylic acids is 2. The number of nitrogens with zero attached hydrogens (tertiary/aromatic N) is 2. The Kier molecular flexibility index (Phi) is 7.45. The summed E-state index contributed by atoms with van der Waals surface area (Å²) in [5.41, 5.74) is 2.64. The van der Waals surface area contributed by atoms with Crippen molar-refractivity contribution in [2.24, 2.45) is 0 Å². The second kappa shape index (κ2) is 10.5. The Morgan fingerprint density at radius 2 is 1.88 bits per heavy atom. The molecule has 5 nitrogen and oxygen atoms in total. The Bertz CT molecular complexity index is 1130. The van der Waals surface area contributed by atoms with Crippen molar-refractivity contribution in [2.75, 3.05) is 11.9 Å². The summed E-state index contributed by atoms with van der Waals surface area (Å²) in [6, 6.07) is 15.4. The minimum absolute atomic E-state index is 0.00385. The number of hydrogen-bond acceptors (Lipinski definition) is 3. The first-order valence-electron chi connectivity index (χ1n) is 10.8. The third-order valence-corrected chi connectivity index (χ3v) is 7.07. The molecule has 3 amide bonds. The molecule has 1 heterocycles. The van der Waals surface area contributed by atoms with Crippen LogP contribution in [-0.2, 0) is 17.9 Å². The zero-order chi connectivity index (χ0) is 23.4. The molecule has 0 saturated heterocycles. The van der Waals surface area contributed by atoms with E-state index in [1.54, 1.807) is 33.3 Å². The predicted octanol–water partition coefficient (Wildman–Crippen LogP) is 6.18. The van der Waals surface area contributed by atoms with Gasteiger partial charge in [-0.1, -0.05) is 34.1 Å². The van der Waals surface area contributed by atoms with Gasteiger partial charge in [-0.2, -0.15) is 0 Å². The third-order valence-electron chi connectivity index (χ3n) is 5.57. The van der Waals surface area contributed by atoms with Crippen molar-refractivity contribution < 1.29 is 14.0 Å². The van der Waals surface area contributed by atoms with Crippen molar-refractivity contribution >= 4 is 44.9 Å². The number of rotatable bonds is 8. The number of urea groups is 1. The maximum absolute atomic E-state index is 13.4. The quantitative estimate of drug-likeness (QED) is 0.378. The SMILES string of the molecule is Cc1ccsc1CN(Cc1ccc(F)cc1)C(=O)CN(C(=O)Nc1cccc(Br)c1)C1CC1. The second-order valence-electron chi connectivity index (χ2n) is 8.20. The van der Waals surface area contributed by atoms with E-state index in [4.69, 9.17) is 0 Å². The zero-order valence-electron chi connectivity index (χ0n) is 18.3. The lowest BCUT2D eigenvalue weighted by atomic mass is 10.2. The van der Waals surface area contributed by atoms with Gasteiger partial charge in [0.1, 0.15) is 12.4 Å². The Morgan fingerprint density at radius 1 is 1.12 bits per heavy atom. The van der Waals surface area contributed by atoms with Crippen LogP contribution in [0.5, 0.6) is 0 Å². The number of benzene rings is 2. The molecule has 0 bridgehead atoms. The molecule has 1 aliphatic carbocycles. The number of thiophene rings is 1. The van der Waals surface area contributed by atoms with Crippen LogP contribution in [0.15, 0.2) is 64.5 Å². The highest BCUT2D eigenvalue weighted by atomic mass is 79.9.